The Morgan fingerprint density at radius 3 is 2.62 bits per heavy atom. The number of carbonyl (C=O) groups excluding carboxylic acids is 1. The highest BCUT2D eigenvalue weighted by Crippen LogP contribution is 2.13. The van der Waals surface area contributed by atoms with Gasteiger partial charge in [0.2, 0.25) is 5.91 Å². The van der Waals surface area contributed by atoms with Gasteiger partial charge in [-0.05, 0) is 6.07 Å². The van der Waals surface area contributed by atoms with Crippen LogP contribution in [0.2, 0.25) is 0 Å². The van der Waals surface area contributed by atoms with Crippen LogP contribution in [0.5, 0.6) is 0 Å². The van der Waals surface area contributed by atoms with Gasteiger partial charge in [0.1, 0.15) is 0 Å². The minimum absolute atomic E-state index is 0.0722. The van der Waals surface area contributed by atoms with Gasteiger partial charge in [-0.3, -0.25) is 14.5 Å². The highest BCUT2D eigenvalue weighted by molar-refractivity contribution is 5.75. The van der Waals surface area contributed by atoms with Gasteiger partial charge >= 0.3 is 0 Å². The number of amides is 1. The molecule has 0 spiro atoms. The van der Waals surface area contributed by atoms with Crippen molar-refractivity contribution in [3.8, 4) is 11.3 Å². The van der Waals surface area contributed by atoms with Crippen LogP contribution in [0.15, 0.2) is 47.3 Å². The first-order chi connectivity index (χ1) is 12.7. The average molecular weight is 356 g/mol. The zero-order valence-electron chi connectivity index (χ0n) is 14.8. The van der Waals surface area contributed by atoms with Gasteiger partial charge in [-0.2, -0.15) is 5.10 Å². The maximum absolute atomic E-state index is 12.0. The minimum Gasteiger partial charge on any atom is -0.379 e. The molecule has 138 valence electrons. The van der Waals surface area contributed by atoms with E-state index in [1.54, 1.807) is 6.07 Å². The summed E-state index contributed by atoms with van der Waals surface area (Å²) in [5.41, 5.74) is 1.46. The van der Waals surface area contributed by atoms with E-state index < -0.39 is 0 Å². The van der Waals surface area contributed by atoms with Crippen molar-refractivity contribution in [2.75, 3.05) is 39.4 Å². The van der Waals surface area contributed by atoms with Gasteiger partial charge in [0, 0.05) is 44.2 Å². The van der Waals surface area contributed by atoms with Crippen LogP contribution in [0.25, 0.3) is 11.3 Å². The van der Waals surface area contributed by atoms with E-state index in [1.807, 2.05) is 30.3 Å². The zero-order valence-corrected chi connectivity index (χ0v) is 14.8. The lowest BCUT2D eigenvalue weighted by atomic mass is 10.1. The molecule has 0 radical (unpaired) electrons. The van der Waals surface area contributed by atoms with Crippen molar-refractivity contribution in [3.05, 3.63) is 52.8 Å². The summed E-state index contributed by atoms with van der Waals surface area (Å²) >= 11 is 0. The van der Waals surface area contributed by atoms with E-state index in [9.17, 15) is 9.59 Å². The third-order valence-electron chi connectivity index (χ3n) is 4.34. The number of aromatic nitrogens is 2. The van der Waals surface area contributed by atoms with E-state index in [0.29, 0.717) is 6.54 Å². The lowest BCUT2D eigenvalue weighted by Crippen LogP contribution is -2.41. The molecule has 2 heterocycles. The second-order valence-electron chi connectivity index (χ2n) is 6.20. The summed E-state index contributed by atoms with van der Waals surface area (Å²) in [5, 5.41) is 7.27. The van der Waals surface area contributed by atoms with Gasteiger partial charge in [0.05, 0.1) is 25.5 Å². The van der Waals surface area contributed by atoms with Crippen molar-refractivity contribution in [2.24, 2.45) is 0 Å². The van der Waals surface area contributed by atoms with Gasteiger partial charge in [0.25, 0.3) is 5.56 Å². The van der Waals surface area contributed by atoms with Crippen LogP contribution in [0, 0.1) is 0 Å². The summed E-state index contributed by atoms with van der Waals surface area (Å²) in [6.07, 6.45) is 0.230. The lowest BCUT2D eigenvalue weighted by molar-refractivity contribution is -0.121. The van der Waals surface area contributed by atoms with E-state index in [-0.39, 0.29) is 24.4 Å². The summed E-state index contributed by atoms with van der Waals surface area (Å²) in [7, 11) is 0. The summed E-state index contributed by atoms with van der Waals surface area (Å²) in [6.45, 7) is 4.99. The molecule has 2 aromatic rings. The maximum Gasteiger partial charge on any atom is 0.266 e. The van der Waals surface area contributed by atoms with Crippen molar-refractivity contribution in [2.45, 2.75) is 13.0 Å². The zero-order chi connectivity index (χ0) is 18.2. The predicted octanol–water partition coefficient (Wildman–Crippen LogP) is 0.749. The molecule has 0 aliphatic carbocycles. The molecular formula is C19H24N4O3. The summed E-state index contributed by atoms with van der Waals surface area (Å²) < 4.78 is 6.65. The molecule has 1 aromatic heterocycles. The molecule has 0 atom stereocenters. The molecule has 1 amide bonds. The van der Waals surface area contributed by atoms with Gasteiger partial charge < -0.3 is 10.1 Å². The SMILES string of the molecule is O=C(CCn1nc(-c2ccccc2)ccc1=O)NCCN1CCOCC1. The van der Waals surface area contributed by atoms with Crippen LogP contribution in [0.3, 0.4) is 0 Å². The summed E-state index contributed by atoms with van der Waals surface area (Å²) in [4.78, 5) is 26.3. The number of aryl methyl sites for hydroxylation is 1. The molecule has 1 saturated heterocycles. The lowest BCUT2D eigenvalue weighted by Gasteiger charge is -2.26. The molecule has 0 unspecified atom stereocenters. The maximum atomic E-state index is 12.0. The molecule has 0 saturated carbocycles. The molecule has 1 fully saturated rings. The standard InChI is InChI=1S/C19H24N4O3/c24-18(20-9-11-22-12-14-26-15-13-22)8-10-23-19(25)7-6-17(21-23)16-4-2-1-3-5-16/h1-7H,8-15H2,(H,20,24). The van der Waals surface area contributed by atoms with E-state index in [0.717, 1.165) is 44.1 Å². The molecule has 1 aromatic carbocycles. The van der Waals surface area contributed by atoms with Crippen molar-refractivity contribution < 1.29 is 9.53 Å². The van der Waals surface area contributed by atoms with Crippen molar-refractivity contribution >= 4 is 5.91 Å². The van der Waals surface area contributed by atoms with Crippen LogP contribution in [-0.4, -0.2) is 60.0 Å². The second kappa shape index (κ2) is 9.26. The molecule has 26 heavy (non-hydrogen) atoms. The molecule has 1 aliphatic heterocycles. The van der Waals surface area contributed by atoms with Gasteiger partial charge in [-0.1, -0.05) is 30.3 Å². The molecule has 1 N–H and O–H groups in total. The smallest absolute Gasteiger partial charge is 0.266 e. The Labute approximate surface area is 152 Å². The Morgan fingerprint density at radius 2 is 1.85 bits per heavy atom. The Bertz CT molecular complexity index is 770. The van der Waals surface area contributed by atoms with Crippen molar-refractivity contribution in [3.63, 3.8) is 0 Å². The van der Waals surface area contributed by atoms with E-state index >= 15 is 0 Å². The number of carbonyl (C=O) groups is 1. The van der Waals surface area contributed by atoms with Crippen molar-refractivity contribution in [1.29, 1.82) is 0 Å². The third-order valence-corrected chi connectivity index (χ3v) is 4.34. The molecule has 7 heteroatoms. The largest absolute Gasteiger partial charge is 0.379 e. The van der Waals surface area contributed by atoms with Gasteiger partial charge in [-0.25, -0.2) is 4.68 Å². The average Bonchev–Trinajstić information content (AvgIpc) is 2.69. The van der Waals surface area contributed by atoms with Crippen LogP contribution in [-0.2, 0) is 16.1 Å². The predicted molar refractivity (Wildman–Crippen MR) is 98.8 cm³/mol. The number of hydrogen-bond donors (Lipinski definition) is 1. The quantitative estimate of drug-likeness (QED) is 0.792. The summed E-state index contributed by atoms with van der Waals surface area (Å²) in [6, 6.07) is 12.9. The van der Waals surface area contributed by atoms with Crippen LogP contribution >= 0.6 is 0 Å². The monoisotopic (exact) mass is 356 g/mol. The Balaban J connectivity index is 1.49. The number of benzene rings is 1. The topological polar surface area (TPSA) is 76.5 Å². The first kappa shape index (κ1) is 18.3. The number of ether oxygens (including phenoxy) is 1. The molecule has 3 rings (SSSR count). The Kier molecular flexibility index (Phi) is 6.51. The van der Waals surface area contributed by atoms with E-state index in [1.165, 1.54) is 10.7 Å². The van der Waals surface area contributed by atoms with Gasteiger partial charge in [-0.15, -0.1) is 0 Å². The normalized spacial score (nSPS) is 14.9. The number of morpholine rings is 1. The van der Waals surface area contributed by atoms with Gasteiger partial charge in [0.15, 0.2) is 0 Å². The first-order valence-electron chi connectivity index (χ1n) is 8.93. The molecule has 1 aliphatic rings. The second-order valence-corrected chi connectivity index (χ2v) is 6.20. The Hall–Kier alpha value is -2.51. The number of hydrogen-bond acceptors (Lipinski definition) is 5. The highest BCUT2D eigenvalue weighted by Gasteiger charge is 2.10. The Morgan fingerprint density at radius 1 is 1.08 bits per heavy atom. The fourth-order valence-corrected chi connectivity index (χ4v) is 2.85. The number of rotatable bonds is 7. The third kappa shape index (κ3) is 5.24. The molecule has 0 bridgehead atoms. The first-order valence-corrected chi connectivity index (χ1v) is 8.93. The highest BCUT2D eigenvalue weighted by atomic mass is 16.5. The number of nitrogens with zero attached hydrogens (tertiary/aromatic N) is 3. The fourth-order valence-electron chi connectivity index (χ4n) is 2.85. The van der Waals surface area contributed by atoms with Crippen LogP contribution in [0.1, 0.15) is 6.42 Å². The number of nitrogens with one attached hydrogen (secondary N) is 1. The van der Waals surface area contributed by atoms with E-state index in [4.69, 9.17) is 4.74 Å². The minimum atomic E-state index is -0.203. The summed E-state index contributed by atoms with van der Waals surface area (Å²) in [5.74, 6) is -0.0722. The van der Waals surface area contributed by atoms with Crippen molar-refractivity contribution in [1.82, 2.24) is 20.0 Å². The fraction of sp³-hybridized carbons (Fsp3) is 0.421. The van der Waals surface area contributed by atoms with Crippen LogP contribution < -0.4 is 10.9 Å². The molecule has 7 nitrogen and oxygen atoms in total. The van der Waals surface area contributed by atoms with E-state index in [2.05, 4.69) is 15.3 Å². The van der Waals surface area contributed by atoms with Crippen LogP contribution in [0.4, 0.5) is 0 Å². The molecular weight excluding hydrogens is 332 g/mol.